The fourth-order valence-electron chi connectivity index (χ4n) is 7.97. The van der Waals surface area contributed by atoms with Gasteiger partial charge in [0.05, 0.1) is 11.7 Å². The third kappa shape index (κ3) is 4.47. The summed E-state index contributed by atoms with van der Waals surface area (Å²) in [6.07, 6.45) is 9.10. The van der Waals surface area contributed by atoms with Gasteiger partial charge in [-0.2, -0.15) is 0 Å². The van der Waals surface area contributed by atoms with Crippen LogP contribution in [0.1, 0.15) is 11.5 Å². The summed E-state index contributed by atoms with van der Waals surface area (Å²) in [6, 6.07) is 47.7. The molecule has 0 amide bonds. The highest BCUT2D eigenvalue weighted by Crippen LogP contribution is 2.52. The van der Waals surface area contributed by atoms with Gasteiger partial charge in [0.15, 0.2) is 17.5 Å². The summed E-state index contributed by atoms with van der Waals surface area (Å²) in [5, 5.41) is 5.13. The largest absolute Gasteiger partial charge is 0.333 e. The summed E-state index contributed by atoms with van der Waals surface area (Å²) in [5.74, 6) is 2.38. The van der Waals surface area contributed by atoms with Gasteiger partial charge in [-0.1, -0.05) is 121 Å². The zero-order chi connectivity index (χ0) is 33.5. The highest BCUT2D eigenvalue weighted by molar-refractivity contribution is 7.28. The lowest BCUT2D eigenvalue weighted by atomic mass is 9.91. The molecule has 2 atom stereocenters. The number of para-hydroxylation sites is 1. The van der Waals surface area contributed by atoms with Crippen LogP contribution in [0, 0.1) is 0 Å². The summed E-state index contributed by atoms with van der Waals surface area (Å²) >= 11 is 3.71. The number of allylic oxidation sites excluding steroid dienone is 2. The highest BCUT2D eigenvalue weighted by Gasteiger charge is 2.38. The van der Waals surface area contributed by atoms with Crippen LogP contribution in [0.4, 0.5) is 11.4 Å². The average Bonchev–Trinajstić information content (AvgIpc) is 3.86. The molecule has 0 N–H and O–H groups in total. The van der Waals surface area contributed by atoms with Crippen molar-refractivity contribution in [2.75, 3.05) is 4.90 Å². The summed E-state index contributed by atoms with van der Waals surface area (Å²) in [6.45, 7) is 0. The molecule has 0 radical (unpaired) electrons. The molecule has 6 aromatic carbocycles. The van der Waals surface area contributed by atoms with Gasteiger partial charge in [0.2, 0.25) is 0 Å². The predicted molar refractivity (Wildman–Crippen MR) is 215 cm³/mol. The lowest BCUT2D eigenvalue weighted by Crippen LogP contribution is -2.28. The van der Waals surface area contributed by atoms with E-state index in [9.17, 15) is 0 Å². The molecular formula is C45H28N4S2. The predicted octanol–water partition coefficient (Wildman–Crippen LogP) is 12.3. The molecule has 240 valence electrons. The van der Waals surface area contributed by atoms with Gasteiger partial charge in [0.1, 0.15) is 0 Å². The van der Waals surface area contributed by atoms with E-state index in [4.69, 9.17) is 15.0 Å². The molecular weight excluding hydrogens is 661 g/mol. The molecule has 0 saturated heterocycles. The summed E-state index contributed by atoms with van der Waals surface area (Å²) in [5.41, 5.74) is 6.92. The molecule has 2 unspecified atom stereocenters. The van der Waals surface area contributed by atoms with Crippen molar-refractivity contribution in [3.63, 3.8) is 0 Å². The quantitative estimate of drug-likeness (QED) is 0.185. The summed E-state index contributed by atoms with van der Waals surface area (Å²) in [7, 11) is 0. The Kier molecular flexibility index (Phi) is 6.38. The van der Waals surface area contributed by atoms with E-state index in [-0.39, 0.29) is 6.04 Å². The standard InChI is InChI=1S/C45H28N4S2/c1-3-13-27(14-4-1)43-46-44(28-15-5-2-6-16-28)48-45(47-43)32-20-11-19-31-33-25-40-34(26-39(33)51-42(31)32)41-37(23-12-24-38(41)50-40)49-35-21-9-7-17-29(35)30-18-8-10-22-36(30)49/h1-26,29,35H. The molecule has 4 heterocycles. The normalized spacial score (nSPS) is 16.4. The molecule has 0 fully saturated rings. The molecule has 4 nitrogen and oxygen atoms in total. The fraction of sp³-hybridized carbons (Fsp3) is 0.0444. The number of hydrogen-bond acceptors (Lipinski definition) is 6. The Morgan fingerprint density at radius 3 is 1.94 bits per heavy atom. The SMILES string of the molecule is C1=CC2c3ccccc3N(c3cccc4sc5cc6c(cc5c34)sc3c(-c4nc(-c5ccccc5)nc(-c5ccccc5)n4)cccc36)C2C=C1. The zero-order valence-corrected chi connectivity index (χ0v) is 28.9. The number of hydrogen-bond donors (Lipinski definition) is 0. The third-order valence-electron chi connectivity index (χ3n) is 10.3. The summed E-state index contributed by atoms with van der Waals surface area (Å²) in [4.78, 5) is 17.7. The average molecular weight is 689 g/mol. The second-order valence-electron chi connectivity index (χ2n) is 13.1. The van der Waals surface area contributed by atoms with Crippen LogP contribution in [-0.4, -0.2) is 21.0 Å². The molecule has 1 aliphatic carbocycles. The maximum Gasteiger partial charge on any atom is 0.165 e. The Morgan fingerprint density at radius 2 is 1.14 bits per heavy atom. The second kappa shape index (κ2) is 11.3. The van der Waals surface area contributed by atoms with Gasteiger partial charge in [-0.25, -0.2) is 15.0 Å². The van der Waals surface area contributed by atoms with Crippen LogP contribution >= 0.6 is 22.7 Å². The van der Waals surface area contributed by atoms with E-state index in [1.807, 2.05) is 59.1 Å². The number of aromatic nitrogens is 3. The number of nitrogens with zero attached hydrogens (tertiary/aromatic N) is 4. The van der Waals surface area contributed by atoms with Crippen LogP contribution in [0.2, 0.25) is 0 Å². The molecule has 11 rings (SSSR count). The van der Waals surface area contributed by atoms with Crippen LogP contribution in [0.25, 0.3) is 74.5 Å². The lowest BCUT2D eigenvalue weighted by Gasteiger charge is -2.29. The first-order chi connectivity index (χ1) is 25.3. The van der Waals surface area contributed by atoms with E-state index < -0.39 is 0 Å². The molecule has 0 bridgehead atoms. The van der Waals surface area contributed by atoms with Crippen LogP contribution in [0.15, 0.2) is 158 Å². The van der Waals surface area contributed by atoms with Crippen molar-refractivity contribution in [3.8, 4) is 34.2 Å². The van der Waals surface area contributed by atoms with Crippen molar-refractivity contribution in [2.45, 2.75) is 12.0 Å². The monoisotopic (exact) mass is 688 g/mol. The van der Waals surface area contributed by atoms with Crippen molar-refractivity contribution in [2.24, 2.45) is 0 Å². The van der Waals surface area contributed by atoms with Gasteiger partial charge in [-0.15, -0.1) is 22.7 Å². The van der Waals surface area contributed by atoms with Gasteiger partial charge in [-0.05, 0) is 42.0 Å². The Bertz CT molecular complexity index is 2830. The van der Waals surface area contributed by atoms with Gasteiger partial charge in [0.25, 0.3) is 0 Å². The van der Waals surface area contributed by atoms with Crippen LogP contribution in [0.3, 0.4) is 0 Å². The van der Waals surface area contributed by atoms with E-state index >= 15 is 0 Å². The Hall–Kier alpha value is -5.95. The minimum atomic E-state index is 0.255. The van der Waals surface area contributed by atoms with Crippen molar-refractivity contribution < 1.29 is 0 Å². The van der Waals surface area contributed by atoms with E-state index in [0.29, 0.717) is 23.4 Å². The summed E-state index contributed by atoms with van der Waals surface area (Å²) < 4.78 is 5.07. The van der Waals surface area contributed by atoms with Gasteiger partial charge < -0.3 is 4.90 Å². The van der Waals surface area contributed by atoms with E-state index in [1.54, 1.807) is 0 Å². The topological polar surface area (TPSA) is 41.9 Å². The Morgan fingerprint density at radius 1 is 0.490 bits per heavy atom. The number of fused-ring (bicyclic) bond motifs is 9. The molecule has 2 aliphatic rings. The zero-order valence-electron chi connectivity index (χ0n) is 27.3. The molecule has 51 heavy (non-hydrogen) atoms. The van der Waals surface area contributed by atoms with Crippen molar-refractivity contribution >= 4 is 74.4 Å². The van der Waals surface area contributed by atoms with Crippen LogP contribution in [-0.2, 0) is 0 Å². The van der Waals surface area contributed by atoms with E-state index in [0.717, 1.165) is 16.7 Å². The molecule has 0 spiro atoms. The van der Waals surface area contributed by atoms with Crippen molar-refractivity contribution in [3.05, 3.63) is 163 Å². The van der Waals surface area contributed by atoms with E-state index in [2.05, 4.69) is 126 Å². The molecule has 9 aromatic rings. The van der Waals surface area contributed by atoms with E-state index in [1.165, 1.54) is 57.3 Å². The minimum absolute atomic E-state index is 0.255. The fourth-order valence-corrected chi connectivity index (χ4v) is 10.4. The van der Waals surface area contributed by atoms with Crippen LogP contribution < -0.4 is 4.90 Å². The smallest absolute Gasteiger partial charge is 0.165 e. The first-order valence-corrected chi connectivity index (χ1v) is 18.8. The number of thiophene rings is 2. The molecule has 1 aliphatic heterocycles. The van der Waals surface area contributed by atoms with Gasteiger partial charge >= 0.3 is 0 Å². The molecule has 6 heteroatoms. The Balaban J connectivity index is 1.11. The number of anilines is 2. The first kappa shape index (κ1) is 28.8. The van der Waals surface area contributed by atoms with Crippen molar-refractivity contribution in [1.82, 2.24) is 15.0 Å². The molecule has 0 saturated carbocycles. The highest BCUT2D eigenvalue weighted by atomic mass is 32.1. The first-order valence-electron chi connectivity index (χ1n) is 17.2. The van der Waals surface area contributed by atoms with Gasteiger partial charge in [0, 0.05) is 68.6 Å². The minimum Gasteiger partial charge on any atom is -0.333 e. The lowest BCUT2D eigenvalue weighted by molar-refractivity contribution is 0.746. The van der Waals surface area contributed by atoms with Crippen molar-refractivity contribution in [1.29, 1.82) is 0 Å². The second-order valence-corrected chi connectivity index (χ2v) is 15.3. The van der Waals surface area contributed by atoms with Crippen LogP contribution in [0.5, 0.6) is 0 Å². The Labute approximate surface area is 302 Å². The van der Waals surface area contributed by atoms with Gasteiger partial charge in [-0.3, -0.25) is 0 Å². The number of benzene rings is 6. The molecule has 3 aromatic heterocycles. The maximum atomic E-state index is 5.08. The third-order valence-corrected chi connectivity index (χ3v) is 12.6. The number of rotatable bonds is 4. The maximum absolute atomic E-state index is 5.08.